The SMILES string of the molecule is COC(=O)C[C@H](c1cc(OC)c(OC)cc1OC)c1c(O)c2ccccc2oc1=O. The van der Waals surface area contributed by atoms with Crippen LogP contribution >= 0.6 is 0 Å². The summed E-state index contributed by atoms with van der Waals surface area (Å²) < 4.78 is 26.4. The minimum absolute atomic E-state index is 0.0791. The number of carbonyl (C=O) groups excluding carboxylic acids is 1. The van der Waals surface area contributed by atoms with Gasteiger partial charge in [0.05, 0.1) is 45.8 Å². The van der Waals surface area contributed by atoms with Crippen molar-refractivity contribution in [3.63, 3.8) is 0 Å². The number of ether oxygens (including phenoxy) is 4. The Morgan fingerprint density at radius 3 is 2.27 bits per heavy atom. The van der Waals surface area contributed by atoms with E-state index in [9.17, 15) is 14.7 Å². The summed E-state index contributed by atoms with van der Waals surface area (Å²) in [6, 6.07) is 9.77. The maximum Gasteiger partial charge on any atom is 0.343 e. The number of aromatic hydroxyl groups is 1. The van der Waals surface area contributed by atoms with Crippen LogP contribution in [0.15, 0.2) is 45.6 Å². The number of para-hydroxylation sites is 1. The first-order chi connectivity index (χ1) is 14.4. The third kappa shape index (κ3) is 3.76. The molecule has 0 fully saturated rings. The fourth-order valence-corrected chi connectivity index (χ4v) is 3.40. The average molecular weight is 414 g/mol. The number of methoxy groups -OCH3 is 4. The van der Waals surface area contributed by atoms with Crippen molar-refractivity contribution in [1.82, 2.24) is 0 Å². The molecule has 0 radical (unpaired) electrons. The number of carbonyl (C=O) groups is 1. The van der Waals surface area contributed by atoms with Crippen LogP contribution in [0, 0.1) is 0 Å². The normalized spacial score (nSPS) is 11.7. The summed E-state index contributed by atoms with van der Waals surface area (Å²) in [6.07, 6.45) is -0.237. The highest BCUT2D eigenvalue weighted by Gasteiger charge is 2.30. The summed E-state index contributed by atoms with van der Waals surface area (Å²) in [5.41, 5.74) is -0.181. The Morgan fingerprint density at radius 2 is 1.63 bits per heavy atom. The largest absolute Gasteiger partial charge is 0.507 e. The van der Waals surface area contributed by atoms with E-state index >= 15 is 0 Å². The Morgan fingerprint density at radius 1 is 1.00 bits per heavy atom. The third-order valence-corrected chi connectivity index (χ3v) is 4.88. The van der Waals surface area contributed by atoms with Crippen molar-refractivity contribution in [2.45, 2.75) is 12.3 Å². The summed E-state index contributed by atoms with van der Waals surface area (Å²) in [5.74, 6) is -0.657. The molecule has 0 aliphatic heterocycles. The van der Waals surface area contributed by atoms with Crippen LogP contribution in [0.4, 0.5) is 0 Å². The summed E-state index contributed by atoms with van der Waals surface area (Å²) in [6.45, 7) is 0. The van der Waals surface area contributed by atoms with Gasteiger partial charge in [-0.05, 0) is 18.2 Å². The molecule has 1 aromatic heterocycles. The zero-order valence-electron chi connectivity index (χ0n) is 17.1. The van der Waals surface area contributed by atoms with Gasteiger partial charge in [0.2, 0.25) is 0 Å². The number of rotatable bonds is 7. The van der Waals surface area contributed by atoms with Crippen molar-refractivity contribution >= 4 is 16.9 Å². The van der Waals surface area contributed by atoms with Gasteiger partial charge in [0.15, 0.2) is 11.5 Å². The Kier molecular flexibility index (Phi) is 6.15. The van der Waals surface area contributed by atoms with Crippen LogP contribution in [0.2, 0.25) is 0 Å². The van der Waals surface area contributed by atoms with Gasteiger partial charge in [0.25, 0.3) is 0 Å². The molecule has 30 heavy (non-hydrogen) atoms. The fourth-order valence-electron chi connectivity index (χ4n) is 3.40. The highest BCUT2D eigenvalue weighted by Crippen LogP contribution is 2.44. The smallest absolute Gasteiger partial charge is 0.343 e. The molecule has 0 amide bonds. The average Bonchev–Trinajstić information content (AvgIpc) is 2.77. The van der Waals surface area contributed by atoms with Crippen molar-refractivity contribution in [2.24, 2.45) is 0 Å². The van der Waals surface area contributed by atoms with E-state index in [1.807, 2.05) is 0 Å². The lowest BCUT2D eigenvalue weighted by atomic mass is 9.87. The van der Waals surface area contributed by atoms with Crippen molar-refractivity contribution in [1.29, 1.82) is 0 Å². The van der Waals surface area contributed by atoms with E-state index < -0.39 is 17.5 Å². The minimum atomic E-state index is -0.923. The van der Waals surface area contributed by atoms with Crippen molar-refractivity contribution in [3.8, 4) is 23.0 Å². The molecular weight excluding hydrogens is 392 g/mol. The molecule has 158 valence electrons. The van der Waals surface area contributed by atoms with Crippen LogP contribution in [-0.2, 0) is 9.53 Å². The molecule has 1 heterocycles. The molecule has 3 rings (SSSR count). The third-order valence-electron chi connectivity index (χ3n) is 4.88. The quantitative estimate of drug-likeness (QED) is 0.464. The minimum Gasteiger partial charge on any atom is -0.507 e. The van der Waals surface area contributed by atoms with Crippen LogP contribution in [0.1, 0.15) is 23.5 Å². The molecule has 0 aliphatic carbocycles. The van der Waals surface area contributed by atoms with Crippen LogP contribution in [0.5, 0.6) is 23.0 Å². The lowest BCUT2D eigenvalue weighted by Crippen LogP contribution is -2.18. The second-order valence-electron chi connectivity index (χ2n) is 6.43. The van der Waals surface area contributed by atoms with Gasteiger partial charge in [0.1, 0.15) is 17.1 Å². The van der Waals surface area contributed by atoms with Crippen molar-refractivity contribution in [3.05, 3.63) is 57.9 Å². The molecule has 0 saturated heterocycles. The van der Waals surface area contributed by atoms with E-state index in [1.54, 1.807) is 36.4 Å². The zero-order chi connectivity index (χ0) is 21.8. The number of fused-ring (bicyclic) bond motifs is 1. The van der Waals surface area contributed by atoms with Gasteiger partial charge < -0.3 is 28.5 Å². The molecule has 8 heteroatoms. The molecule has 0 spiro atoms. The van der Waals surface area contributed by atoms with E-state index in [2.05, 4.69) is 0 Å². The molecular formula is C22H22O8. The van der Waals surface area contributed by atoms with Crippen molar-refractivity contribution in [2.75, 3.05) is 28.4 Å². The first-order valence-corrected chi connectivity index (χ1v) is 9.06. The van der Waals surface area contributed by atoms with Gasteiger partial charge in [-0.2, -0.15) is 0 Å². The molecule has 0 saturated carbocycles. The highest BCUT2D eigenvalue weighted by molar-refractivity contribution is 5.85. The summed E-state index contributed by atoms with van der Waals surface area (Å²) in [7, 11) is 5.63. The Balaban J connectivity index is 2.32. The van der Waals surface area contributed by atoms with Crippen LogP contribution in [-0.4, -0.2) is 39.5 Å². The lowest BCUT2D eigenvalue weighted by Gasteiger charge is -2.21. The lowest BCUT2D eigenvalue weighted by molar-refractivity contribution is -0.140. The van der Waals surface area contributed by atoms with Crippen LogP contribution in [0.3, 0.4) is 0 Å². The number of hydrogen-bond acceptors (Lipinski definition) is 8. The molecule has 8 nitrogen and oxygen atoms in total. The van der Waals surface area contributed by atoms with E-state index in [0.29, 0.717) is 28.2 Å². The second kappa shape index (κ2) is 8.77. The molecule has 0 unspecified atom stereocenters. The van der Waals surface area contributed by atoms with Gasteiger partial charge in [-0.15, -0.1) is 0 Å². The molecule has 1 N–H and O–H groups in total. The van der Waals surface area contributed by atoms with E-state index in [1.165, 1.54) is 28.4 Å². The predicted octanol–water partition coefficient (Wildman–Crippen LogP) is 3.22. The summed E-state index contributed by atoms with van der Waals surface area (Å²) >= 11 is 0. The Hall–Kier alpha value is -3.68. The van der Waals surface area contributed by atoms with Gasteiger partial charge in [-0.3, -0.25) is 4.79 Å². The maximum absolute atomic E-state index is 12.8. The predicted molar refractivity (Wildman–Crippen MR) is 109 cm³/mol. The number of benzene rings is 2. The molecule has 3 aromatic rings. The molecule has 1 atom stereocenters. The second-order valence-corrected chi connectivity index (χ2v) is 6.43. The summed E-state index contributed by atoms with van der Waals surface area (Å²) in [5, 5.41) is 11.3. The van der Waals surface area contributed by atoms with E-state index in [0.717, 1.165) is 0 Å². The number of hydrogen-bond donors (Lipinski definition) is 1. The zero-order valence-corrected chi connectivity index (χ0v) is 17.1. The first-order valence-electron chi connectivity index (χ1n) is 9.06. The van der Waals surface area contributed by atoms with Gasteiger partial charge in [-0.1, -0.05) is 12.1 Å². The monoisotopic (exact) mass is 414 g/mol. The van der Waals surface area contributed by atoms with E-state index in [-0.39, 0.29) is 23.3 Å². The first kappa shape index (κ1) is 21.0. The summed E-state index contributed by atoms with van der Waals surface area (Å²) in [4.78, 5) is 25.0. The van der Waals surface area contributed by atoms with Gasteiger partial charge in [-0.25, -0.2) is 4.79 Å². The van der Waals surface area contributed by atoms with Crippen LogP contribution in [0.25, 0.3) is 11.0 Å². The highest BCUT2D eigenvalue weighted by atomic mass is 16.5. The maximum atomic E-state index is 12.8. The molecule has 2 aromatic carbocycles. The Labute approximate surface area is 172 Å². The van der Waals surface area contributed by atoms with E-state index in [4.69, 9.17) is 23.4 Å². The molecule has 0 aliphatic rings. The van der Waals surface area contributed by atoms with Gasteiger partial charge in [0, 0.05) is 17.5 Å². The molecule has 0 bridgehead atoms. The standard InChI is InChI=1S/C22H22O8/c1-26-16-11-18(28-3)17(27-2)9-13(16)14(10-19(23)29-4)20-21(24)12-7-5-6-8-15(12)30-22(20)25/h5-9,11,14,24H,10H2,1-4H3/t14-/m1/s1. The fraction of sp³-hybridized carbons (Fsp3) is 0.273. The van der Waals surface area contributed by atoms with Crippen LogP contribution < -0.4 is 19.8 Å². The Bertz CT molecular complexity index is 1130. The number of esters is 1. The topological polar surface area (TPSA) is 104 Å². The van der Waals surface area contributed by atoms with Gasteiger partial charge >= 0.3 is 11.6 Å². The van der Waals surface area contributed by atoms with Crippen molar-refractivity contribution < 1.29 is 33.3 Å².